The smallest absolute Gasteiger partial charge is 0.349 e. The lowest BCUT2D eigenvalue weighted by molar-refractivity contribution is 0.117. The van der Waals surface area contributed by atoms with Crippen molar-refractivity contribution < 1.29 is 0 Å². The number of anilines is 1. The van der Waals surface area contributed by atoms with Gasteiger partial charge in [0.25, 0.3) is 0 Å². The number of piperazine rings is 1. The summed E-state index contributed by atoms with van der Waals surface area (Å²) in [6, 6.07) is 9.01. The van der Waals surface area contributed by atoms with Gasteiger partial charge in [0.15, 0.2) is 5.82 Å². The van der Waals surface area contributed by atoms with Gasteiger partial charge in [0.1, 0.15) is 17.0 Å². The van der Waals surface area contributed by atoms with E-state index in [0.29, 0.717) is 29.6 Å². The molecule has 1 aliphatic rings. The van der Waals surface area contributed by atoms with Gasteiger partial charge in [-0.1, -0.05) is 19.9 Å². The molecule has 0 aromatic carbocycles. The topological polar surface area (TPSA) is 95.9 Å². The first-order valence-electron chi connectivity index (χ1n) is 12.5. The molecule has 0 bridgehead atoms. The van der Waals surface area contributed by atoms with Gasteiger partial charge in [0, 0.05) is 50.5 Å². The maximum Gasteiger partial charge on any atom is 0.350 e. The molecular weight excluding hydrogens is 440 g/mol. The summed E-state index contributed by atoms with van der Waals surface area (Å²) in [7, 11) is 1.72. The molecule has 0 spiro atoms. The van der Waals surface area contributed by atoms with Crippen molar-refractivity contribution in [1.29, 1.82) is 5.26 Å². The third-order valence-electron chi connectivity index (χ3n) is 7.21. The highest BCUT2D eigenvalue weighted by atomic mass is 16.1. The molecule has 1 fully saturated rings. The summed E-state index contributed by atoms with van der Waals surface area (Å²) in [5.41, 5.74) is 3.29. The van der Waals surface area contributed by atoms with Gasteiger partial charge in [-0.3, -0.25) is 14.5 Å². The first kappa shape index (κ1) is 24.9. The van der Waals surface area contributed by atoms with Gasteiger partial charge in [-0.25, -0.2) is 9.78 Å². The summed E-state index contributed by atoms with van der Waals surface area (Å²) in [6.45, 7) is 15.1. The van der Waals surface area contributed by atoms with E-state index in [9.17, 15) is 10.1 Å². The van der Waals surface area contributed by atoms with Gasteiger partial charge in [-0.2, -0.15) is 10.2 Å². The minimum Gasteiger partial charge on any atom is -0.349 e. The van der Waals surface area contributed by atoms with Crippen molar-refractivity contribution in [1.82, 2.24) is 29.0 Å². The van der Waals surface area contributed by atoms with Crippen LogP contribution in [0.5, 0.6) is 0 Å². The number of imidazole rings is 1. The largest absolute Gasteiger partial charge is 0.350 e. The zero-order valence-corrected chi connectivity index (χ0v) is 21.9. The number of fused-ring (bicyclic) bond motifs is 1. The zero-order chi connectivity index (χ0) is 25.4. The average molecular weight is 477 g/mol. The Morgan fingerprint density at radius 3 is 2.46 bits per heavy atom. The van der Waals surface area contributed by atoms with Crippen LogP contribution in [-0.2, 0) is 20.0 Å². The Kier molecular flexibility index (Phi) is 6.95. The molecule has 9 nitrogen and oxygen atoms in total. The molecule has 4 heterocycles. The molecule has 186 valence electrons. The van der Waals surface area contributed by atoms with Crippen LogP contribution in [0.15, 0.2) is 23.0 Å². The number of aryl methyl sites for hydroxylation is 2. The Morgan fingerprint density at radius 2 is 1.80 bits per heavy atom. The number of hydrogen-bond donors (Lipinski definition) is 0. The Balaban J connectivity index is 1.69. The van der Waals surface area contributed by atoms with Crippen molar-refractivity contribution >= 4 is 17.0 Å². The van der Waals surface area contributed by atoms with E-state index < -0.39 is 0 Å². The Hall–Kier alpha value is -3.25. The molecular formula is C26H36N8O. The van der Waals surface area contributed by atoms with Gasteiger partial charge in [0.2, 0.25) is 0 Å². The van der Waals surface area contributed by atoms with Gasteiger partial charge in [0.05, 0.1) is 18.2 Å². The molecule has 0 aliphatic carbocycles. The number of aromatic nitrogens is 5. The van der Waals surface area contributed by atoms with Crippen molar-refractivity contribution in [3.8, 4) is 6.07 Å². The van der Waals surface area contributed by atoms with Gasteiger partial charge >= 0.3 is 5.69 Å². The second kappa shape index (κ2) is 9.78. The van der Waals surface area contributed by atoms with Crippen LogP contribution < -0.4 is 10.6 Å². The molecule has 1 aliphatic heterocycles. The second-order valence-corrected chi connectivity index (χ2v) is 9.92. The molecule has 4 rings (SSSR count). The fraction of sp³-hybridized carbons (Fsp3) is 0.577. The Morgan fingerprint density at radius 1 is 1.09 bits per heavy atom. The van der Waals surface area contributed by atoms with Crippen molar-refractivity contribution in [3.05, 3.63) is 45.9 Å². The number of hydrogen-bond acceptors (Lipinski definition) is 7. The van der Waals surface area contributed by atoms with E-state index in [4.69, 9.17) is 9.97 Å². The monoisotopic (exact) mass is 476 g/mol. The third kappa shape index (κ3) is 4.43. The fourth-order valence-corrected chi connectivity index (χ4v) is 5.21. The molecule has 3 aromatic rings. The van der Waals surface area contributed by atoms with Crippen LogP contribution in [0, 0.1) is 11.3 Å². The number of rotatable bonds is 6. The summed E-state index contributed by atoms with van der Waals surface area (Å²) in [5.74, 6) is 1.66. The maximum atomic E-state index is 12.9. The van der Waals surface area contributed by atoms with E-state index in [1.807, 2.05) is 11.5 Å². The lowest BCUT2D eigenvalue weighted by Gasteiger charge is -2.47. The molecule has 35 heavy (non-hydrogen) atoms. The number of nitrogens with zero attached hydrogens (tertiary/aromatic N) is 8. The van der Waals surface area contributed by atoms with Crippen LogP contribution in [-0.4, -0.2) is 54.2 Å². The van der Waals surface area contributed by atoms with E-state index in [1.165, 1.54) is 4.57 Å². The maximum absolute atomic E-state index is 12.9. The van der Waals surface area contributed by atoms with Crippen molar-refractivity contribution in [2.75, 3.05) is 18.0 Å². The molecule has 0 N–H and O–H groups in total. The van der Waals surface area contributed by atoms with Crippen LogP contribution in [0.1, 0.15) is 70.7 Å². The molecule has 0 radical (unpaired) electrons. The SMILES string of the molecule is CCn1c(CC#N)nc2c(N3C[C@@H](C)N(C(C)c4cccc(C(C)C)n4)C[C@@H]3C)nc(=O)n(C)c21. The summed E-state index contributed by atoms with van der Waals surface area (Å²) in [4.78, 5) is 31.7. The Labute approximate surface area is 207 Å². The fourth-order valence-electron chi connectivity index (χ4n) is 5.21. The van der Waals surface area contributed by atoms with Crippen LogP contribution in [0.25, 0.3) is 11.2 Å². The van der Waals surface area contributed by atoms with Crippen LogP contribution in [0.3, 0.4) is 0 Å². The molecule has 3 aromatic heterocycles. The Bertz CT molecular complexity index is 1320. The van der Waals surface area contributed by atoms with Crippen LogP contribution in [0.4, 0.5) is 5.82 Å². The van der Waals surface area contributed by atoms with Crippen molar-refractivity contribution in [2.24, 2.45) is 7.05 Å². The second-order valence-electron chi connectivity index (χ2n) is 9.92. The highest BCUT2D eigenvalue weighted by molar-refractivity contribution is 5.84. The quantitative estimate of drug-likeness (QED) is 0.538. The third-order valence-corrected chi connectivity index (χ3v) is 7.21. The van der Waals surface area contributed by atoms with E-state index in [-0.39, 0.29) is 30.2 Å². The summed E-state index contributed by atoms with van der Waals surface area (Å²) in [6.07, 6.45) is 0.190. The highest BCUT2D eigenvalue weighted by Gasteiger charge is 2.35. The number of pyridine rings is 1. The van der Waals surface area contributed by atoms with Crippen LogP contribution in [0.2, 0.25) is 0 Å². The molecule has 0 saturated carbocycles. The van der Waals surface area contributed by atoms with Gasteiger partial charge in [-0.15, -0.1) is 0 Å². The normalized spacial score (nSPS) is 19.9. The van der Waals surface area contributed by atoms with E-state index in [1.54, 1.807) is 7.05 Å². The molecule has 1 unspecified atom stereocenters. The highest BCUT2D eigenvalue weighted by Crippen LogP contribution is 2.32. The predicted molar refractivity (Wildman–Crippen MR) is 137 cm³/mol. The standard InChI is InChI=1S/C26H36N8O/c1-8-32-22(12-13-27)29-23-24(30-26(35)31(7)25(23)32)34-15-17(4)33(14-18(34)5)19(6)21-11-9-10-20(28-21)16(2)3/h9-11,16-19H,8,12,14-15H2,1-7H3/t17-,18+,19?/m1/s1. The van der Waals surface area contributed by atoms with E-state index in [2.05, 4.69) is 73.7 Å². The molecule has 3 atom stereocenters. The summed E-state index contributed by atoms with van der Waals surface area (Å²) in [5, 5.41) is 9.30. The van der Waals surface area contributed by atoms with Gasteiger partial charge < -0.3 is 9.47 Å². The minimum atomic E-state index is -0.309. The lowest BCUT2D eigenvalue weighted by Crippen LogP contribution is -2.57. The summed E-state index contributed by atoms with van der Waals surface area (Å²) < 4.78 is 3.49. The lowest BCUT2D eigenvalue weighted by atomic mass is 10.0. The molecule has 1 saturated heterocycles. The summed E-state index contributed by atoms with van der Waals surface area (Å²) >= 11 is 0. The van der Waals surface area contributed by atoms with Crippen LogP contribution >= 0.6 is 0 Å². The van der Waals surface area contributed by atoms with E-state index in [0.717, 1.165) is 30.1 Å². The van der Waals surface area contributed by atoms with Crippen molar-refractivity contribution in [2.45, 2.75) is 78.6 Å². The zero-order valence-electron chi connectivity index (χ0n) is 21.9. The molecule has 0 amide bonds. The van der Waals surface area contributed by atoms with Gasteiger partial charge in [-0.05, 0) is 45.7 Å². The number of nitriles is 1. The predicted octanol–water partition coefficient (Wildman–Crippen LogP) is 3.39. The average Bonchev–Trinajstić information content (AvgIpc) is 3.21. The first-order chi connectivity index (χ1) is 16.7. The van der Waals surface area contributed by atoms with E-state index >= 15 is 0 Å². The minimum absolute atomic E-state index is 0.121. The molecule has 9 heteroatoms. The first-order valence-corrected chi connectivity index (χ1v) is 12.5. The van der Waals surface area contributed by atoms with Crippen molar-refractivity contribution in [3.63, 3.8) is 0 Å².